The van der Waals surface area contributed by atoms with Gasteiger partial charge in [0.05, 0.1) is 0 Å². The lowest BCUT2D eigenvalue weighted by atomic mass is 10.0. The maximum absolute atomic E-state index is 6.02. The summed E-state index contributed by atoms with van der Waals surface area (Å²) in [5.41, 5.74) is 8.00. The Morgan fingerprint density at radius 1 is 1.35 bits per heavy atom. The Morgan fingerprint density at radius 3 is 3.00 bits per heavy atom. The van der Waals surface area contributed by atoms with Gasteiger partial charge < -0.3 is 5.73 Å². The van der Waals surface area contributed by atoms with Gasteiger partial charge in [0, 0.05) is 17.3 Å². The first-order valence-electron chi connectivity index (χ1n) is 6.41. The highest BCUT2D eigenvalue weighted by atomic mass is 35.5. The molecular weight excluding hydrogens is 232 g/mol. The third-order valence-electron chi connectivity index (χ3n) is 3.61. The van der Waals surface area contributed by atoms with Crippen LogP contribution in [0.5, 0.6) is 0 Å². The summed E-state index contributed by atoms with van der Waals surface area (Å²) in [5, 5.41) is 0.775. The second kappa shape index (κ2) is 5.74. The molecule has 1 unspecified atom stereocenters. The summed E-state index contributed by atoms with van der Waals surface area (Å²) in [4.78, 5) is 2.49. The summed E-state index contributed by atoms with van der Waals surface area (Å²) in [6.07, 6.45) is 3.93. The molecule has 0 radical (unpaired) electrons. The number of anilines is 1. The molecule has 0 saturated carbocycles. The van der Waals surface area contributed by atoms with E-state index in [9.17, 15) is 0 Å². The fraction of sp³-hybridized carbons (Fsp3) is 0.571. The molecule has 94 valence electrons. The molecule has 2 rings (SSSR count). The van der Waals surface area contributed by atoms with Crippen molar-refractivity contribution in [3.05, 3.63) is 28.8 Å². The Bertz CT molecular complexity index is 378. The number of hydrogen-bond acceptors (Lipinski definition) is 2. The summed E-state index contributed by atoms with van der Waals surface area (Å²) in [7, 11) is 0. The summed E-state index contributed by atoms with van der Waals surface area (Å²) in [6.45, 7) is 5.62. The van der Waals surface area contributed by atoms with Crippen molar-refractivity contribution in [1.29, 1.82) is 0 Å². The highest BCUT2D eigenvalue weighted by Gasteiger charge is 2.14. The quantitative estimate of drug-likeness (QED) is 0.816. The predicted molar refractivity (Wildman–Crippen MR) is 74.2 cm³/mol. The minimum atomic E-state index is 0.775. The molecule has 1 aliphatic heterocycles. The molecule has 2 nitrogen and oxygen atoms in total. The Morgan fingerprint density at radius 2 is 2.18 bits per heavy atom. The van der Waals surface area contributed by atoms with Crippen molar-refractivity contribution in [1.82, 2.24) is 4.90 Å². The molecule has 1 heterocycles. The van der Waals surface area contributed by atoms with Crippen LogP contribution in [-0.4, -0.2) is 18.0 Å². The first-order valence-corrected chi connectivity index (χ1v) is 6.79. The first kappa shape index (κ1) is 12.7. The normalized spacial score (nSPS) is 22.4. The molecule has 0 aliphatic carbocycles. The average Bonchev–Trinajstić information content (AvgIpc) is 2.49. The Kier molecular flexibility index (Phi) is 4.30. The van der Waals surface area contributed by atoms with Gasteiger partial charge in [-0.05, 0) is 62.0 Å². The van der Waals surface area contributed by atoms with Crippen molar-refractivity contribution in [3.63, 3.8) is 0 Å². The van der Waals surface area contributed by atoms with Gasteiger partial charge in [0.25, 0.3) is 0 Å². The van der Waals surface area contributed by atoms with E-state index in [4.69, 9.17) is 17.3 Å². The third kappa shape index (κ3) is 3.62. The minimum Gasteiger partial charge on any atom is -0.398 e. The molecule has 1 saturated heterocycles. The third-order valence-corrected chi connectivity index (χ3v) is 3.84. The van der Waals surface area contributed by atoms with Gasteiger partial charge in [-0.2, -0.15) is 0 Å². The number of nitrogens with zero attached hydrogens (tertiary/aromatic N) is 1. The van der Waals surface area contributed by atoms with E-state index in [1.807, 2.05) is 18.2 Å². The van der Waals surface area contributed by atoms with E-state index in [-0.39, 0.29) is 0 Å². The zero-order chi connectivity index (χ0) is 12.3. The molecule has 1 aromatic rings. The maximum atomic E-state index is 6.02. The second-order valence-electron chi connectivity index (χ2n) is 5.16. The van der Waals surface area contributed by atoms with Crippen LogP contribution in [0.15, 0.2) is 18.2 Å². The van der Waals surface area contributed by atoms with E-state index in [0.29, 0.717) is 0 Å². The Labute approximate surface area is 109 Å². The SMILES string of the molecule is CC1CCCN(Cc2cc(Cl)ccc2N)CC1. The van der Waals surface area contributed by atoms with Crippen LogP contribution in [0.4, 0.5) is 5.69 Å². The number of nitrogens with two attached hydrogens (primary N) is 1. The molecule has 0 bridgehead atoms. The smallest absolute Gasteiger partial charge is 0.0410 e. The van der Waals surface area contributed by atoms with Crippen molar-refractivity contribution in [2.45, 2.75) is 32.7 Å². The first-order chi connectivity index (χ1) is 8.15. The van der Waals surface area contributed by atoms with E-state index in [1.54, 1.807) is 0 Å². The molecule has 0 amide bonds. The topological polar surface area (TPSA) is 29.3 Å². The number of hydrogen-bond donors (Lipinski definition) is 1. The molecule has 1 fully saturated rings. The van der Waals surface area contributed by atoms with Crippen LogP contribution in [0, 0.1) is 5.92 Å². The zero-order valence-electron chi connectivity index (χ0n) is 10.5. The number of halogens is 1. The van der Waals surface area contributed by atoms with Gasteiger partial charge in [-0.25, -0.2) is 0 Å². The lowest BCUT2D eigenvalue weighted by Gasteiger charge is -2.21. The van der Waals surface area contributed by atoms with Gasteiger partial charge in [0.15, 0.2) is 0 Å². The average molecular weight is 253 g/mol. The molecule has 2 N–H and O–H groups in total. The van der Waals surface area contributed by atoms with Gasteiger partial charge in [-0.3, -0.25) is 4.90 Å². The lowest BCUT2D eigenvalue weighted by molar-refractivity contribution is 0.274. The number of rotatable bonds is 2. The Balaban J connectivity index is 2.02. The molecule has 3 heteroatoms. The Hall–Kier alpha value is -0.730. The number of nitrogen functional groups attached to an aromatic ring is 1. The second-order valence-corrected chi connectivity index (χ2v) is 5.59. The van der Waals surface area contributed by atoms with Crippen LogP contribution in [0.2, 0.25) is 5.02 Å². The van der Waals surface area contributed by atoms with E-state index >= 15 is 0 Å². The fourth-order valence-corrected chi connectivity index (χ4v) is 2.63. The summed E-state index contributed by atoms with van der Waals surface area (Å²) in [5.74, 6) is 0.858. The molecule has 1 aromatic carbocycles. The summed E-state index contributed by atoms with van der Waals surface area (Å²) >= 11 is 6.02. The van der Waals surface area contributed by atoms with Crippen molar-refractivity contribution >= 4 is 17.3 Å². The zero-order valence-corrected chi connectivity index (χ0v) is 11.2. The highest BCUT2D eigenvalue weighted by molar-refractivity contribution is 6.30. The van der Waals surface area contributed by atoms with Gasteiger partial charge >= 0.3 is 0 Å². The summed E-state index contributed by atoms with van der Waals surface area (Å²) < 4.78 is 0. The molecular formula is C14H21ClN2. The lowest BCUT2D eigenvalue weighted by Crippen LogP contribution is -2.24. The van der Waals surface area contributed by atoms with Gasteiger partial charge in [-0.1, -0.05) is 18.5 Å². The van der Waals surface area contributed by atoms with Crippen molar-refractivity contribution < 1.29 is 0 Å². The standard InChI is InChI=1S/C14H21ClN2/c1-11-3-2-7-17(8-6-11)10-12-9-13(15)4-5-14(12)16/h4-5,9,11H,2-3,6-8,10,16H2,1H3. The van der Waals surface area contributed by atoms with Gasteiger partial charge in [0.2, 0.25) is 0 Å². The van der Waals surface area contributed by atoms with Crippen LogP contribution in [0.3, 0.4) is 0 Å². The van der Waals surface area contributed by atoms with E-state index in [2.05, 4.69) is 11.8 Å². The van der Waals surface area contributed by atoms with E-state index in [1.165, 1.54) is 32.4 Å². The van der Waals surface area contributed by atoms with Crippen LogP contribution in [-0.2, 0) is 6.54 Å². The molecule has 17 heavy (non-hydrogen) atoms. The predicted octanol–water partition coefficient (Wildman–Crippen LogP) is 3.54. The van der Waals surface area contributed by atoms with Gasteiger partial charge in [0.1, 0.15) is 0 Å². The fourth-order valence-electron chi connectivity index (χ4n) is 2.43. The maximum Gasteiger partial charge on any atom is 0.0410 e. The van der Waals surface area contributed by atoms with Gasteiger partial charge in [-0.15, -0.1) is 0 Å². The molecule has 0 spiro atoms. The van der Waals surface area contributed by atoms with Crippen LogP contribution in [0.25, 0.3) is 0 Å². The minimum absolute atomic E-state index is 0.775. The monoisotopic (exact) mass is 252 g/mol. The largest absolute Gasteiger partial charge is 0.398 e. The van der Waals surface area contributed by atoms with Crippen molar-refractivity contribution in [3.8, 4) is 0 Å². The molecule has 1 atom stereocenters. The molecule has 1 aliphatic rings. The number of likely N-dealkylation sites (tertiary alicyclic amines) is 1. The summed E-state index contributed by atoms with van der Waals surface area (Å²) in [6, 6.07) is 5.74. The van der Waals surface area contributed by atoms with Crippen LogP contribution < -0.4 is 5.73 Å². The van der Waals surface area contributed by atoms with Crippen molar-refractivity contribution in [2.24, 2.45) is 5.92 Å². The van der Waals surface area contributed by atoms with Crippen LogP contribution >= 0.6 is 11.6 Å². The number of benzene rings is 1. The van der Waals surface area contributed by atoms with Crippen molar-refractivity contribution in [2.75, 3.05) is 18.8 Å². The highest BCUT2D eigenvalue weighted by Crippen LogP contribution is 2.22. The van der Waals surface area contributed by atoms with E-state index in [0.717, 1.165) is 28.7 Å². The molecule has 0 aromatic heterocycles. The van der Waals surface area contributed by atoms with Crippen LogP contribution in [0.1, 0.15) is 31.7 Å². The van der Waals surface area contributed by atoms with E-state index < -0.39 is 0 Å².